The number of primary amides is 1. The van der Waals surface area contributed by atoms with Crippen LogP contribution in [-0.2, 0) is 74.3 Å². The highest BCUT2D eigenvalue weighted by Gasteiger charge is 2.44. The number of aryl methyl sites for hydroxylation is 1. The molecule has 1 amide bonds. The molecule has 0 saturated heterocycles. The van der Waals surface area contributed by atoms with E-state index in [1.807, 2.05) is 48.0 Å². The van der Waals surface area contributed by atoms with E-state index in [-0.39, 0.29) is 33.5 Å². The van der Waals surface area contributed by atoms with Crippen molar-refractivity contribution in [3.63, 3.8) is 0 Å². The number of halogens is 1. The van der Waals surface area contributed by atoms with Crippen LogP contribution in [0.1, 0.15) is 146 Å². The van der Waals surface area contributed by atoms with Gasteiger partial charge in [-0.15, -0.1) is 0 Å². The predicted molar refractivity (Wildman–Crippen MR) is 407 cm³/mol. The van der Waals surface area contributed by atoms with Crippen LogP contribution in [0.15, 0.2) is 145 Å². The molecule has 544 valence electrons. The molecule has 0 saturated carbocycles. The Balaban J connectivity index is 0.742. The number of Topliss-reactive ketones (excluding diaryl/α,β-unsaturated/α-hetero) is 1. The first-order chi connectivity index (χ1) is 48.2. The molecule has 1 aliphatic carbocycles. The number of unbranched alkanes of at least 4 members (excludes halogenated alkanes) is 2. The van der Waals surface area contributed by atoms with Crippen molar-refractivity contribution in [3.8, 4) is 5.69 Å². The number of carbonyl (C=O) groups is 2. The number of allylic oxidation sites excluding steroid dienone is 6. The van der Waals surface area contributed by atoms with Gasteiger partial charge in [-0.3, -0.25) is 23.6 Å². The van der Waals surface area contributed by atoms with E-state index in [0.29, 0.717) is 160 Å². The van der Waals surface area contributed by atoms with E-state index in [4.69, 9.17) is 34.5 Å². The van der Waals surface area contributed by atoms with Gasteiger partial charge in [-0.05, 0) is 164 Å². The summed E-state index contributed by atoms with van der Waals surface area (Å²) in [5.74, 6) is -1.03. The molecule has 0 unspecified atom stereocenters. The molecule has 5 N–H and O–H groups in total. The van der Waals surface area contributed by atoms with Crippen molar-refractivity contribution in [2.75, 3.05) is 114 Å². The topological polar surface area (TPSA) is 254 Å². The van der Waals surface area contributed by atoms with E-state index in [0.717, 1.165) is 70.4 Å². The fraction of sp³-hybridized carbons (Fsp3) is 0.462. The summed E-state index contributed by atoms with van der Waals surface area (Å²) in [5.41, 5.74) is 19.8. The summed E-state index contributed by atoms with van der Waals surface area (Å²) in [6, 6.07) is 39.4. The summed E-state index contributed by atoms with van der Waals surface area (Å²) in [7, 11) is -8.19. The number of rotatable bonds is 41. The number of aromatic nitrogens is 2. The van der Waals surface area contributed by atoms with Crippen LogP contribution >= 0.6 is 22.6 Å². The van der Waals surface area contributed by atoms with Crippen LogP contribution in [0.2, 0.25) is 0 Å². The molecule has 3 heterocycles. The largest absolute Gasteiger partial charge is 0.384 e. The van der Waals surface area contributed by atoms with Gasteiger partial charge in [0.15, 0.2) is 11.5 Å². The lowest BCUT2D eigenvalue weighted by Gasteiger charge is -2.29. The minimum absolute atomic E-state index is 0.106. The highest BCUT2D eigenvalue weighted by Crippen LogP contribution is 2.48. The lowest BCUT2D eigenvalue weighted by molar-refractivity contribution is -0.438. The first-order valence-electron chi connectivity index (χ1n) is 35.1. The number of anilines is 2. The first-order valence-corrected chi connectivity index (χ1v) is 39.4. The third kappa shape index (κ3) is 22.1. The second kappa shape index (κ2) is 36.1. The molecule has 9 rings (SSSR count). The molecular formula is C78H101IN7O13S2+. The van der Waals surface area contributed by atoms with Crippen LogP contribution in [0.25, 0.3) is 11.3 Å². The summed E-state index contributed by atoms with van der Waals surface area (Å²) in [6.45, 7) is 23.4. The number of para-hydroxylation sites is 2. The Morgan fingerprint density at radius 2 is 1.31 bits per heavy atom. The SMILES string of the molecule is Cc1nn(-c2ccc(C(N)=O)c(NCCCOCCOCCOCCOCCOCCCN(Cc3ccc(C(C=CC4=[N+](CCCCS(=O)(=O)O)c5ccccc5C4(C)C)=CC=C4N(CCCCS(=O)(=O)O)c5ccccc5C4(C)C)cc3)Cc3cccc(I)c3)c2)c2c1C(=O)CC(C)(C)C2. The lowest BCUT2D eigenvalue weighted by Crippen LogP contribution is -2.28. The Morgan fingerprint density at radius 3 is 1.96 bits per heavy atom. The van der Waals surface area contributed by atoms with Gasteiger partial charge in [0, 0.05) is 103 Å². The quantitative estimate of drug-likeness (QED) is 0.00915. The van der Waals surface area contributed by atoms with Gasteiger partial charge in [0.1, 0.15) is 6.54 Å². The molecule has 0 fully saturated rings. The van der Waals surface area contributed by atoms with Crippen molar-refractivity contribution < 1.29 is 63.8 Å². The van der Waals surface area contributed by atoms with Gasteiger partial charge in [0.05, 0.1) is 98.0 Å². The fourth-order valence-corrected chi connectivity index (χ4v) is 15.5. The number of amides is 1. The maximum absolute atomic E-state index is 13.0. The predicted octanol–water partition coefficient (Wildman–Crippen LogP) is 13.1. The van der Waals surface area contributed by atoms with Crippen molar-refractivity contribution in [3.05, 3.63) is 199 Å². The summed E-state index contributed by atoms with van der Waals surface area (Å²) in [5, 5.41) is 8.07. The number of benzene rings is 5. The van der Waals surface area contributed by atoms with Gasteiger partial charge in [-0.25, -0.2) is 4.68 Å². The fourth-order valence-electron chi connectivity index (χ4n) is 13.8. The monoisotopic (exact) mass is 1530 g/mol. The highest BCUT2D eigenvalue weighted by atomic mass is 127. The molecule has 2 aliphatic heterocycles. The Labute approximate surface area is 611 Å². The van der Waals surface area contributed by atoms with Crippen molar-refractivity contribution in [2.45, 2.75) is 124 Å². The molecule has 6 aromatic rings. The third-order valence-corrected chi connectivity index (χ3v) is 21.0. The van der Waals surface area contributed by atoms with E-state index in [1.165, 1.54) is 20.3 Å². The highest BCUT2D eigenvalue weighted by molar-refractivity contribution is 14.1. The normalized spacial score (nSPS) is 16.1. The molecule has 3 aliphatic rings. The van der Waals surface area contributed by atoms with E-state index >= 15 is 0 Å². The summed E-state index contributed by atoms with van der Waals surface area (Å²) >= 11 is 2.36. The molecule has 23 heteroatoms. The molecule has 5 aromatic carbocycles. The number of ketones is 1. The Hall–Kier alpha value is -6.75. The standard InChI is InChI=1S/C78H100IN7O13S2/c1-57-74-70(53-76(2,3)54-71(74)87)86(82-57)63-31-32-64(75(80)88)67(52-63)81-35-17-39-95-41-43-97-45-47-99-48-46-98-44-42-96-40-18-36-83(56-59-19-16-20-62(79)51-59)55-58-25-27-60(28-26-58)61(29-33-72-77(4,5)65-21-8-10-23-68(65)84(72)37-12-14-49-100(89,90)91)30-34-73-78(6,7)66-22-9-11-24-69(66)85(73)38-13-15-50-101(92,93)94/h8-11,16,19-34,51-52H,12-15,17-18,35-50,53-56H2,1-7H3,(H4-,80,81,88,89,90,91,92,93,94)/p+1. The van der Waals surface area contributed by atoms with E-state index < -0.39 is 26.1 Å². The average Bonchev–Trinajstić information content (AvgIpc) is 1.62. The summed E-state index contributed by atoms with van der Waals surface area (Å²) in [4.78, 5) is 30.1. The molecule has 20 nitrogen and oxygen atoms in total. The Morgan fingerprint density at radius 1 is 0.693 bits per heavy atom. The Bertz CT molecular complexity index is 4200. The molecule has 101 heavy (non-hydrogen) atoms. The second-order valence-corrected chi connectivity index (χ2v) is 32.4. The van der Waals surface area contributed by atoms with Crippen LogP contribution < -0.4 is 16.0 Å². The smallest absolute Gasteiger partial charge is 0.264 e. The summed E-state index contributed by atoms with van der Waals surface area (Å²) in [6.07, 6.45) is 13.2. The number of nitrogens with zero attached hydrogens (tertiary/aromatic N) is 5. The maximum atomic E-state index is 13.0. The van der Waals surface area contributed by atoms with Crippen molar-refractivity contribution >= 4 is 82.9 Å². The van der Waals surface area contributed by atoms with Gasteiger partial charge >= 0.3 is 0 Å². The van der Waals surface area contributed by atoms with Gasteiger partial charge in [-0.2, -0.15) is 26.5 Å². The third-order valence-electron chi connectivity index (χ3n) is 18.8. The molecule has 0 spiro atoms. The van der Waals surface area contributed by atoms with E-state index in [9.17, 15) is 35.5 Å². The number of hydrogen-bond acceptors (Lipinski definition) is 15. The second-order valence-electron chi connectivity index (χ2n) is 28.1. The minimum Gasteiger partial charge on any atom is -0.384 e. The average molecular weight is 1540 g/mol. The van der Waals surface area contributed by atoms with Crippen molar-refractivity contribution in [2.24, 2.45) is 11.1 Å². The summed E-state index contributed by atoms with van der Waals surface area (Å²) < 4.78 is 100. The number of ether oxygens (including phenoxy) is 5. The van der Waals surface area contributed by atoms with Crippen molar-refractivity contribution in [1.29, 1.82) is 0 Å². The van der Waals surface area contributed by atoms with Crippen LogP contribution in [-0.4, -0.2) is 166 Å². The van der Waals surface area contributed by atoms with Crippen LogP contribution in [0.3, 0.4) is 0 Å². The molecule has 0 atom stereocenters. The van der Waals surface area contributed by atoms with Gasteiger partial charge in [0.25, 0.3) is 26.1 Å². The first kappa shape index (κ1) is 78.4. The van der Waals surface area contributed by atoms with Gasteiger partial charge < -0.3 is 39.6 Å². The molecule has 1 aromatic heterocycles. The number of fused-ring (bicyclic) bond motifs is 3. The maximum Gasteiger partial charge on any atom is 0.264 e. The number of nitrogens with one attached hydrogen (secondary N) is 1. The number of carbonyl (C=O) groups excluding carboxylic acids is 2. The number of nitrogens with two attached hydrogens (primary N) is 1. The van der Waals surface area contributed by atoms with Gasteiger partial charge in [-0.1, -0.05) is 107 Å². The zero-order chi connectivity index (χ0) is 72.4. The minimum atomic E-state index is -4.10. The Kier molecular flexibility index (Phi) is 28.0. The van der Waals surface area contributed by atoms with E-state index in [1.54, 1.807) is 6.07 Å². The van der Waals surface area contributed by atoms with E-state index in [2.05, 4.69) is 181 Å². The van der Waals surface area contributed by atoms with Crippen molar-refractivity contribution in [1.82, 2.24) is 14.7 Å². The van der Waals surface area contributed by atoms with Crippen LogP contribution in [0, 0.1) is 15.9 Å². The zero-order valence-electron chi connectivity index (χ0n) is 59.6. The van der Waals surface area contributed by atoms with Crippen LogP contribution in [0.4, 0.5) is 17.1 Å². The molecular weight excluding hydrogens is 1430 g/mol. The molecule has 0 radical (unpaired) electrons. The lowest BCUT2D eigenvalue weighted by atomic mass is 9.75. The number of hydrogen-bond donors (Lipinski definition) is 4. The zero-order valence-corrected chi connectivity index (χ0v) is 63.3. The van der Waals surface area contributed by atoms with Gasteiger partial charge in [0.2, 0.25) is 5.69 Å². The van der Waals surface area contributed by atoms with Crippen LogP contribution in [0.5, 0.6) is 0 Å². The molecule has 0 bridgehead atoms.